The van der Waals surface area contributed by atoms with Crippen LogP contribution in [-0.4, -0.2) is 57.4 Å². The zero-order valence-corrected chi connectivity index (χ0v) is 19.1. The highest BCUT2D eigenvalue weighted by Gasteiger charge is 2.32. The van der Waals surface area contributed by atoms with Crippen molar-refractivity contribution < 1.29 is 18.1 Å². The fourth-order valence-corrected chi connectivity index (χ4v) is 5.39. The second-order valence-electron chi connectivity index (χ2n) is 8.27. The average Bonchev–Trinajstić information content (AvgIpc) is 2.71. The topological polar surface area (TPSA) is 62.1 Å². The van der Waals surface area contributed by atoms with Crippen molar-refractivity contribution >= 4 is 21.6 Å². The van der Waals surface area contributed by atoms with E-state index in [2.05, 4.69) is 0 Å². The van der Waals surface area contributed by atoms with Gasteiger partial charge in [0.25, 0.3) is 5.91 Å². The number of carbonyl (C=O) groups excluding carboxylic acids is 1. The number of para-hydroxylation sites is 1. The monoisotopic (exact) mass is 430 g/mol. The van der Waals surface area contributed by atoms with E-state index in [-0.39, 0.29) is 11.9 Å². The van der Waals surface area contributed by atoms with Gasteiger partial charge in [-0.15, -0.1) is 0 Å². The minimum absolute atomic E-state index is 0.0609. The van der Waals surface area contributed by atoms with E-state index in [1.165, 1.54) is 0 Å². The number of benzene rings is 2. The van der Waals surface area contributed by atoms with Gasteiger partial charge in [-0.3, -0.25) is 4.79 Å². The van der Waals surface area contributed by atoms with Crippen molar-refractivity contribution in [3.63, 3.8) is 0 Å². The molecule has 1 saturated heterocycles. The van der Waals surface area contributed by atoms with Crippen LogP contribution in [0.2, 0.25) is 0 Å². The SMILES string of the molecule is Cc1ccc(S(=O)(=O)N2CC[NH+](CC(=O)N(c3ccccc3)C(C)C)CC2)cc1C. The third-order valence-electron chi connectivity index (χ3n) is 5.77. The molecule has 0 radical (unpaired) electrons. The first-order valence-corrected chi connectivity index (χ1v) is 11.9. The summed E-state index contributed by atoms with van der Waals surface area (Å²) in [5.41, 5.74) is 2.95. The first-order chi connectivity index (χ1) is 14.2. The normalized spacial score (nSPS) is 16.0. The molecule has 7 heteroatoms. The van der Waals surface area contributed by atoms with E-state index < -0.39 is 10.0 Å². The number of hydrogen-bond donors (Lipinski definition) is 1. The van der Waals surface area contributed by atoms with Gasteiger partial charge in [0.1, 0.15) is 0 Å². The van der Waals surface area contributed by atoms with E-state index in [0.717, 1.165) is 21.7 Å². The maximum atomic E-state index is 13.0. The standard InChI is InChI=1S/C23H31N3O3S/c1-18(2)26(21-8-6-5-7-9-21)23(27)17-24-12-14-25(15-13-24)30(28,29)22-11-10-19(3)20(4)16-22/h5-11,16,18H,12-15,17H2,1-4H3/p+1. The second kappa shape index (κ2) is 9.29. The summed E-state index contributed by atoms with van der Waals surface area (Å²) in [6, 6.07) is 15.0. The molecule has 1 aliphatic rings. The molecular weight excluding hydrogens is 398 g/mol. The highest BCUT2D eigenvalue weighted by Crippen LogP contribution is 2.19. The molecular formula is C23H32N3O3S+. The molecule has 0 spiro atoms. The molecule has 1 heterocycles. The molecule has 1 aliphatic heterocycles. The zero-order valence-electron chi connectivity index (χ0n) is 18.3. The maximum absolute atomic E-state index is 13.0. The van der Waals surface area contributed by atoms with Gasteiger partial charge in [-0.2, -0.15) is 4.31 Å². The number of hydrogen-bond acceptors (Lipinski definition) is 3. The Morgan fingerprint density at radius 2 is 1.67 bits per heavy atom. The van der Waals surface area contributed by atoms with E-state index in [4.69, 9.17) is 0 Å². The molecule has 0 unspecified atom stereocenters. The van der Waals surface area contributed by atoms with Gasteiger partial charge in [0.15, 0.2) is 6.54 Å². The van der Waals surface area contributed by atoms with Gasteiger partial charge in [0.2, 0.25) is 10.0 Å². The van der Waals surface area contributed by atoms with Crippen LogP contribution in [0.4, 0.5) is 5.69 Å². The molecule has 0 bridgehead atoms. The number of quaternary nitrogens is 1. The van der Waals surface area contributed by atoms with Crippen molar-refractivity contribution in [2.75, 3.05) is 37.6 Å². The van der Waals surface area contributed by atoms with Gasteiger partial charge in [-0.05, 0) is 63.1 Å². The van der Waals surface area contributed by atoms with E-state index >= 15 is 0 Å². The molecule has 6 nitrogen and oxygen atoms in total. The van der Waals surface area contributed by atoms with Crippen LogP contribution >= 0.6 is 0 Å². The van der Waals surface area contributed by atoms with Crippen LogP contribution in [0.15, 0.2) is 53.4 Å². The number of carbonyl (C=O) groups is 1. The Kier molecular flexibility index (Phi) is 6.95. The molecule has 1 N–H and O–H groups in total. The van der Waals surface area contributed by atoms with Crippen LogP contribution < -0.4 is 9.80 Å². The summed E-state index contributed by atoms with van der Waals surface area (Å²) < 4.78 is 27.6. The van der Waals surface area contributed by atoms with Gasteiger partial charge >= 0.3 is 0 Å². The highest BCUT2D eigenvalue weighted by molar-refractivity contribution is 7.89. The number of aryl methyl sites for hydroxylation is 2. The Morgan fingerprint density at radius 3 is 2.23 bits per heavy atom. The zero-order chi connectivity index (χ0) is 21.9. The lowest BCUT2D eigenvalue weighted by Gasteiger charge is -2.33. The highest BCUT2D eigenvalue weighted by atomic mass is 32.2. The molecule has 0 saturated carbocycles. The van der Waals surface area contributed by atoms with E-state index in [1.54, 1.807) is 16.4 Å². The lowest BCUT2D eigenvalue weighted by Crippen LogP contribution is -3.15. The molecule has 162 valence electrons. The van der Waals surface area contributed by atoms with Crippen molar-refractivity contribution in [2.45, 2.75) is 38.6 Å². The Balaban J connectivity index is 1.63. The van der Waals surface area contributed by atoms with Crippen molar-refractivity contribution in [1.29, 1.82) is 0 Å². The number of sulfonamides is 1. The fourth-order valence-electron chi connectivity index (χ4n) is 3.86. The van der Waals surface area contributed by atoms with Gasteiger partial charge in [-0.1, -0.05) is 24.3 Å². The summed E-state index contributed by atoms with van der Waals surface area (Å²) >= 11 is 0. The van der Waals surface area contributed by atoms with Crippen LogP contribution in [0.25, 0.3) is 0 Å². The number of nitrogens with zero attached hydrogens (tertiary/aromatic N) is 2. The Morgan fingerprint density at radius 1 is 1.03 bits per heavy atom. The smallest absolute Gasteiger partial charge is 0.282 e. The summed E-state index contributed by atoms with van der Waals surface area (Å²) in [5, 5.41) is 0. The lowest BCUT2D eigenvalue weighted by molar-refractivity contribution is -0.895. The third kappa shape index (κ3) is 4.91. The van der Waals surface area contributed by atoms with Gasteiger partial charge < -0.3 is 9.80 Å². The molecule has 30 heavy (non-hydrogen) atoms. The first kappa shape index (κ1) is 22.5. The number of anilines is 1. The summed E-state index contributed by atoms with van der Waals surface area (Å²) in [7, 11) is -3.50. The average molecular weight is 431 g/mol. The Bertz CT molecular complexity index is 982. The number of piperazine rings is 1. The first-order valence-electron chi connectivity index (χ1n) is 10.5. The quantitative estimate of drug-likeness (QED) is 0.758. The molecule has 1 amide bonds. The Labute approximate surface area is 180 Å². The van der Waals surface area contributed by atoms with Crippen molar-refractivity contribution in [3.05, 3.63) is 59.7 Å². The second-order valence-corrected chi connectivity index (χ2v) is 10.2. The van der Waals surface area contributed by atoms with Crippen LogP contribution in [0.1, 0.15) is 25.0 Å². The number of nitrogens with one attached hydrogen (secondary N) is 1. The molecule has 0 aromatic heterocycles. The van der Waals surface area contributed by atoms with Gasteiger partial charge in [0, 0.05) is 11.7 Å². The maximum Gasteiger partial charge on any atom is 0.282 e. The largest absolute Gasteiger partial charge is 0.325 e. The molecule has 0 aliphatic carbocycles. The molecule has 3 rings (SSSR count). The van der Waals surface area contributed by atoms with Gasteiger partial charge in [0.05, 0.1) is 31.1 Å². The third-order valence-corrected chi connectivity index (χ3v) is 7.66. The predicted octanol–water partition coefficient (Wildman–Crippen LogP) is 1.63. The van der Waals surface area contributed by atoms with Crippen molar-refractivity contribution in [3.8, 4) is 0 Å². The molecule has 2 aromatic rings. The van der Waals surface area contributed by atoms with E-state index in [0.29, 0.717) is 37.6 Å². The van der Waals surface area contributed by atoms with Crippen LogP contribution in [0.5, 0.6) is 0 Å². The van der Waals surface area contributed by atoms with E-state index in [9.17, 15) is 13.2 Å². The number of rotatable bonds is 6. The minimum Gasteiger partial charge on any atom is -0.325 e. The lowest BCUT2D eigenvalue weighted by atomic mass is 10.1. The van der Waals surface area contributed by atoms with E-state index in [1.807, 2.05) is 69.0 Å². The van der Waals surface area contributed by atoms with Gasteiger partial charge in [-0.25, -0.2) is 8.42 Å². The summed E-state index contributed by atoms with van der Waals surface area (Å²) in [6.45, 7) is 10.4. The van der Waals surface area contributed by atoms with Crippen molar-refractivity contribution in [2.24, 2.45) is 0 Å². The fraction of sp³-hybridized carbons (Fsp3) is 0.435. The minimum atomic E-state index is -3.50. The summed E-state index contributed by atoms with van der Waals surface area (Å²) in [4.78, 5) is 16.3. The molecule has 2 aromatic carbocycles. The van der Waals surface area contributed by atoms with Crippen LogP contribution in [-0.2, 0) is 14.8 Å². The Hall–Kier alpha value is -2.22. The van der Waals surface area contributed by atoms with Crippen LogP contribution in [0.3, 0.4) is 0 Å². The van der Waals surface area contributed by atoms with Crippen LogP contribution in [0, 0.1) is 13.8 Å². The molecule has 0 atom stereocenters. The molecule has 1 fully saturated rings. The predicted molar refractivity (Wildman–Crippen MR) is 119 cm³/mol. The number of amides is 1. The summed E-state index contributed by atoms with van der Waals surface area (Å²) in [5.74, 6) is 0.0664. The van der Waals surface area contributed by atoms with Crippen molar-refractivity contribution in [1.82, 2.24) is 4.31 Å². The summed E-state index contributed by atoms with van der Waals surface area (Å²) in [6.07, 6.45) is 0.